The fourth-order valence-corrected chi connectivity index (χ4v) is 3.77. The van der Waals surface area contributed by atoms with Crippen molar-refractivity contribution in [3.8, 4) is 16.8 Å². The van der Waals surface area contributed by atoms with Crippen LogP contribution in [0.5, 0.6) is 16.8 Å². The monoisotopic (exact) mass is 374 g/mol. The number of rotatable bonds is 5. The van der Waals surface area contributed by atoms with Crippen LogP contribution >= 0.6 is 11.3 Å². The molecule has 0 atom stereocenters. The Morgan fingerprint density at radius 3 is 2.81 bits per heavy atom. The van der Waals surface area contributed by atoms with E-state index in [9.17, 15) is 4.79 Å². The van der Waals surface area contributed by atoms with Gasteiger partial charge in [-0.15, -0.1) is 5.10 Å². The third-order valence-corrected chi connectivity index (χ3v) is 5.12. The van der Waals surface area contributed by atoms with Crippen LogP contribution in [0.15, 0.2) is 24.4 Å². The second kappa shape index (κ2) is 6.49. The van der Waals surface area contributed by atoms with E-state index in [-0.39, 0.29) is 12.0 Å². The molecule has 9 heteroatoms. The van der Waals surface area contributed by atoms with Crippen molar-refractivity contribution in [1.29, 1.82) is 0 Å². The molecular formula is C17H18N4O4S. The summed E-state index contributed by atoms with van der Waals surface area (Å²) in [6.45, 7) is 1.01. The van der Waals surface area contributed by atoms with Gasteiger partial charge in [-0.3, -0.25) is 9.48 Å². The number of carbonyl (C=O) groups is 1. The number of aromatic nitrogens is 3. The van der Waals surface area contributed by atoms with Crippen LogP contribution in [0.3, 0.4) is 0 Å². The Balaban J connectivity index is 1.41. The van der Waals surface area contributed by atoms with Crippen LogP contribution in [0, 0.1) is 0 Å². The minimum atomic E-state index is -0.110. The van der Waals surface area contributed by atoms with E-state index in [1.54, 1.807) is 29.9 Å². The van der Waals surface area contributed by atoms with Crippen molar-refractivity contribution >= 4 is 27.5 Å². The lowest BCUT2D eigenvalue weighted by atomic mass is 10.1. The van der Waals surface area contributed by atoms with E-state index >= 15 is 0 Å². The lowest BCUT2D eigenvalue weighted by Gasteiger charge is -2.38. The van der Waals surface area contributed by atoms with E-state index in [0.717, 1.165) is 16.0 Å². The average Bonchev–Trinajstić information content (AvgIpc) is 3.19. The Hall–Kier alpha value is -2.81. The number of likely N-dealkylation sites (tertiary alicyclic amines) is 1. The molecular weight excluding hydrogens is 356 g/mol. The SMILES string of the molecule is COc1nn(C)cc1C(=O)N1CC(Oc2nc3c(OC)cccc3s2)C1. The van der Waals surface area contributed by atoms with Gasteiger partial charge in [0, 0.05) is 13.2 Å². The number of thiazole rings is 1. The van der Waals surface area contributed by atoms with Gasteiger partial charge >= 0.3 is 0 Å². The summed E-state index contributed by atoms with van der Waals surface area (Å²) in [5.74, 6) is 0.948. The highest BCUT2D eigenvalue weighted by Crippen LogP contribution is 2.34. The molecule has 0 spiro atoms. The van der Waals surface area contributed by atoms with Gasteiger partial charge in [-0.1, -0.05) is 17.4 Å². The van der Waals surface area contributed by atoms with Gasteiger partial charge in [0.25, 0.3) is 11.1 Å². The Morgan fingerprint density at radius 2 is 2.08 bits per heavy atom. The van der Waals surface area contributed by atoms with Crippen molar-refractivity contribution in [3.05, 3.63) is 30.0 Å². The molecule has 1 amide bonds. The van der Waals surface area contributed by atoms with E-state index < -0.39 is 0 Å². The minimum Gasteiger partial charge on any atom is -0.494 e. The zero-order valence-corrected chi connectivity index (χ0v) is 15.4. The lowest BCUT2D eigenvalue weighted by molar-refractivity contribution is 0.0175. The number of carbonyl (C=O) groups excluding carboxylic acids is 1. The fourth-order valence-electron chi connectivity index (χ4n) is 2.88. The normalized spacial score (nSPS) is 14.3. The maximum absolute atomic E-state index is 12.5. The van der Waals surface area contributed by atoms with Crippen LogP contribution in [0.4, 0.5) is 0 Å². The summed E-state index contributed by atoms with van der Waals surface area (Å²) in [5, 5.41) is 4.70. The van der Waals surface area contributed by atoms with Gasteiger partial charge in [-0.2, -0.15) is 4.98 Å². The van der Waals surface area contributed by atoms with Crippen LogP contribution in [0.25, 0.3) is 10.2 Å². The maximum atomic E-state index is 12.5. The van der Waals surface area contributed by atoms with Gasteiger partial charge in [-0.05, 0) is 12.1 Å². The standard InChI is InChI=1S/C17H18N4O4S/c1-20-9-11(15(19-20)24-3)16(22)21-7-10(8-21)25-17-18-14-12(23-2)5-4-6-13(14)26-17/h4-6,9-10H,7-8H2,1-3H3. The molecule has 1 aromatic carbocycles. The predicted octanol–water partition coefficient (Wildman–Crippen LogP) is 1.95. The molecule has 3 aromatic rings. The van der Waals surface area contributed by atoms with Crippen molar-refractivity contribution in [2.24, 2.45) is 7.05 Å². The van der Waals surface area contributed by atoms with Gasteiger partial charge in [0.1, 0.15) is 22.9 Å². The van der Waals surface area contributed by atoms with Gasteiger partial charge in [0.05, 0.1) is 32.0 Å². The highest BCUT2D eigenvalue weighted by Gasteiger charge is 2.35. The first kappa shape index (κ1) is 16.6. The molecule has 1 saturated heterocycles. The smallest absolute Gasteiger partial charge is 0.274 e. The molecule has 0 saturated carbocycles. The molecule has 0 N–H and O–H groups in total. The molecule has 136 valence electrons. The summed E-state index contributed by atoms with van der Waals surface area (Å²) >= 11 is 1.47. The van der Waals surface area contributed by atoms with E-state index in [0.29, 0.717) is 29.7 Å². The van der Waals surface area contributed by atoms with Gasteiger partial charge in [0.15, 0.2) is 0 Å². The summed E-state index contributed by atoms with van der Waals surface area (Å²) in [6.07, 6.45) is 1.59. The number of fused-ring (bicyclic) bond motifs is 1. The van der Waals surface area contributed by atoms with Gasteiger partial charge in [-0.25, -0.2) is 0 Å². The largest absolute Gasteiger partial charge is 0.494 e. The van der Waals surface area contributed by atoms with Gasteiger partial charge in [0.2, 0.25) is 5.88 Å². The number of amides is 1. The van der Waals surface area contributed by atoms with Crippen LogP contribution in [0.2, 0.25) is 0 Å². The second-order valence-electron chi connectivity index (χ2n) is 5.96. The van der Waals surface area contributed by atoms with Crippen molar-refractivity contribution in [2.75, 3.05) is 27.3 Å². The Kier molecular flexibility index (Phi) is 4.15. The van der Waals surface area contributed by atoms with Crippen molar-refractivity contribution in [3.63, 3.8) is 0 Å². The Morgan fingerprint density at radius 1 is 1.27 bits per heavy atom. The summed E-state index contributed by atoms with van der Waals surface area (Å²) in [6, 6.07) is 5.78. The minimum absolute atomic E-state index is 0.0758. The number of hydrogen-bond donors (Lipinski definition) is 0. The number of hydrogen-bond acceptors (Lipinski definition) is 7. The summed E-state index contributed by atoms with van der Waals surface area (Å²) in [5.41, 5.74) is 1.25. The van der Waals surface area contributed by atoms with E-state index in [1.807, 2.05) is 18.2 Å². The first-order chi connectivity index (χ1) is 12.6. The maximum Gasteiger partial charge on any atom is 0.274 e. The second-order valence-corrected chi connectivity index (χ2v) is 6.96. The topological polar surface area (TPSA) is 78.7 Å². The number of benzene rings is 1. The molecule has 1 fully saturated rings. The van der Waals surface area contributed by atoms with Crippen LogP contribution in [0.1, 0.15) is 10.4 Å². The molecule has 2 aromatic heterocycles. The Labute approximate surface area is 153 Å². The quantitative estimate of drug-likeness (QED) is 0.679. The summed E-state index contributed by atoms with van der Waals surface area (Å²) in [4.78, 5) is 18.8. The number of ether oxygens (including phenoxy) is 3. The number of methoxy groups -OCH3 is 2. The molecule has 4 rings (SSSR count). The Bertz CT molecular complexity index is 961. The predicted molar refractivity (Wildman–Crippen MR) is 96.3 cm³/mol. The van der Waals surface area contributed by atoms with Gasteiger partial charge < -0.3 is 19.1 Å². The van der Waals surface area contributed by atoms with Crippen LogP contribution < -0.4 is 14.2 Å². The average molecular weight is 374 g/mol. The first-order valence-corrected chi connectivity index (χ1v) is 8.87. The van der Waals surface area contributed by atoms with E-state index in [2.05, 4.69) is 10.1 Å². The third kappa shape index (κ3) is 2.84. The third-order valence-electron chi connectivity index (χ3n) is 4.20. The summed E-state index contributed by atoms with van der Waals surface area (Å²) in [7, 11) is 4.88. The van der Waals surface area contributed by atoms with Crippen molar-refractivity contribution in [2.45, 2.75) is 6.10 Å². The molecule has 26 heavy (non-hydrogen) atoms. The zero-order chi connectivity index (χ0) is 18.3. The number of para-hydroxylation sites is 1. The molecule has 0 unspecified atom stereocenters. The van der Waals surface area contributed by atoms with Crippen molar-refractivity contribution in [1.82, 2.24) is 19.7 Å². The number of aryl methyl sites for hydroxylation is 1. The molecule has 1 aliphatic rings. The highest BCUT2D eigenvalue weighted by molar-refractivity contribution is 7.20. The highest BCUT2D eigenvalue weighted by atomic mass is 32.1. The lowest BCUT2D eigenvalue weighted by Crippen LogP contribution is -2.56. The van der Waals surface area contributed by atoms with Crippen LogP contribution in [-0.2, 0) is 7.05 Å². The van der Waals surface area contributed by atoms with E-state index in [1.165, 1.54) is 18.4 Å². The number of nitrogens with zero attached hydrogens (tertiary/aromatic N) is 4. The van der Waals surface area contributed by atoms with Crippen LogP contribution in [-0.4, -0.2) is 59.0 Å². The molecule has 0 aliphatic carbocycles. The molecule has 8 nitrogen and oxygen atoms in total. The first-order valence-electron chi connectivity index (χ1n) is 8.06. The summed E-state index contributed by atoms with van der Waals surface area (Å²) < 4.78 is 19.0. The molecule has 0 bridgehead atoms. The zero-order valence-electron chi connectivity index (χ0n) is 14.6. The molecule has 3 heterocycles. The fraction of sp³-hybridized carbons (Fsp3) is 0.353. The molecule has 0 radical (unpaired) electrons. The van der Waals surface area contributed by atoms with E-state index in [4.69, 9.17) is 14.2 Å². The molecule has 1 aliphatic heterocycles. The van der Waals surface area contributed by atoms with Crippen molar-refractivity contribution < 1.29 is 19.0 Å².